The Morgan fingerprint density at radius 3 is 2.68 bits per heavy atom. The lowest BCUT2D eigenvalue weighted by Crippen LogP contribution is -2.49. The van der Waals surface area contributed by atoms with Gasteiger partial charge in [-0.05, 0) is 48.6 Å². The smallest absolute Gasteiger partial charge is 0.245 e. The summed E-state index contributed by atoms with van der Waals surface area (Å²) in [5.74, 6) is 0.929. The van der Waals surface area contributed by atoms with E-state index in [0.29, 0.717) is 25.9 Å². The Morgan fingerprint density at radius 1 is 1.14 bits per heavy atom. The van der Waals surface area contributed by atoms with Crippen LogP contribution >= 0.6 is 0 Å². The Hall–Kier alpha value is -2.82. The van der Waals surface area contributed by atoms with E-state index in [9.17, 15) is 9.59 Å². The standard InChI is InChI=1S/C23H26N2O3/c1-16-20-14-19(28-2)9-8-18(20)12-13-24(16)23(27)21-10-11-22(26)25(21)15-17-6-4-3-5-7-17/h3-9,14,16,21H,10-13,15H2,1-2H3. The Kier molecular flexibility index (Phi) is 5.07. The maximum Gasteiger partial charge on any atom is 0.245 e. The Bertz CT molecular complexity index is 881. The van der Waals surface area contributed by atoms with Crippen LogP contribution in [0.5, 0.6) is 5.75 Å². The summed E-state index contributed by atoms with van der Waals surface area (Å²) in [5.41, 5.74) is 3.45. The van der Waals surface area contributed by atoms with Gasteiger partial charge in [0.15, 0.2) is 0 Å². The van der Waals surface area contributed by atoms with Crippen molar-refractivity contribution in [2.75, 3.05) is 13.7 Å². The number of likely N-dealkylation sites (tertiary alicyclic amines) is 1. The minimum Gasteiger partial charge on any atom is -0.497 e. The highest BCUT2D eigenvalue weighted by atomic mass is 16.5. The molecule has 5 heteroatoms. The molecule has 28 heavy (non-hydrogen) atoms. The van der Waals surface area contributed by atoms with Gasteiger partial charge in [0, 0.05) is 19.5 Å². The van der Waals surface area contributed by atoms with Crippen molar-refractivity contribution in [3.8, 4) is 5.75 Å². The van der Waals surface area contributed by atoms with Gasteiger partial charge in [0.2, 0.25) is 11.8 Å². The van der Waals surface area contributed by atoms with E-state index in [1.54, 1.807) is 12.0 Å². The monoisotopic (exact) mass is 378 g/mol. The van der Waals surface area contributed by atoms with Crippen LogP contribution < -0.4 is 4.74 Å². The fourth-order valence-corrected chi connectivity index (χ4v) is 4.38. The third kappa shape index (κ3) is 3.37. The number of hydrogen-bond acceptors (Lipinski definition) is 3. The molecular weight excluding hydrogens is 352 g/mol. The van der Waals surface area contributed by atoms with Crippen molar-refractivity contribution < 1.29 is 14.3 Å². The maximum atomic E-state index is 13.4. The lowest BCUT2D eigenvalue weighted by atomic mass is 9.92. The Labute approximate surface area is 165 Å². The number of fused-ring (bicyclic) bond motifs is 1. The molecule has 2 unspecified atom stereocenters. The SMILES string of the molecule is COc1ccc2c(c1)C(C)N(C(=O)C1CCC(=O)N1Cc1ccccc1)CC2. The maximum absolute atomic E-state index is 13.4. The molecule has 0 bridgehead atoms. The van der Waals surface area contributed by atoms with E-state index in [1.807, 2.05) is 47.4 Å². The van der Waals surface area contributed by atoms with Crippen molar-refractivity contribution in [1.29, 1.82) is 0 Å². The summed E-state index contributed by atoms with van der Waals surface area (Å²) >= 11 is 0. The Balaban J connectivity index is 1.55. The summed E-state index contributed by atoms with van der Waals surface area (Å²) in [4.78, 5) is 29.6. The van der Waals surface area contributed by atoms with Crippen LogP contribution in [-0.4, -0.2) is 41.3 Å². The first kappa shape index (κ1) is 18.5. The molecule has 2 aliphatic rings. The molecule has 2 aromatic carbocycles. The number of rotatable bonds is 4. The van der Waals surface area contributed by atoms with Crippen LogP contribution in [0.1, 0.15) is 42.5 Å². The van der Waals surface area contributed by atoms with Crippen LogP contribution in [0.3, 0.4) is 0 Å². The normalized spacial score (nSPS) is 21.6. The number of benzene rings is 2. The van der Waals surface area contributed by atoms with Crippen LogP contribution in [0.15, 0.2) is 48.5 Å². The van der Waals surface area contributed by atoms with Gasteiger partial charge in [-0.1, -0.05) is 36.4 Å². The van der Waals surface area contributed by atoms with Crippen LogP contribution in [0, 0.1) is 0 Å². The third-order valence-corrected chi connectivity index (χ3v) is 5.98. The molecule has 2 aromatic rings. The van der Waals surface area contributed by atoms with Crippen LogP contribution in [0.4, 0.5) is 0 Å². The molecule has 5 nitrogen and oxygen atoms in total. The quantitative estimate of drug-likeness (QED) is 0.820. The third-order valence-electron chi connectivity index (χ3n) is 5.98. The molecule has 2 heterocycles. The number of methoxy groups -OCH3 is 1. The van der Waals surface area contributed by atoms with Gasteiger partial charge in [0.05, 0.1) is 13.2 Å². The molecule has 146 valence electrons. The van der Waals surface area contributed by atoms with Gasteiger partial charge in [-0.2, -0.15) is 0 Å². The second-order valence-corrected chi connectivity index (χ2v) is 7.58. The lowest BCUT2D eigenvalue weighted by molar-refractivity contribution is -0.143. The van der Waals surface area contributed by atoms with Gasteiger partial charge in [0.25, 0.3) is 0 Å². The number of amides is 2. The predicted molar refractivity (Wildman–Crippen MR) is 107 cm³/mol. The van der Waals surface area contributed by atoms with Gasteiger partial charge in [0.1, 0.15) is 11.8 Å². The van der Waals surface area contributed by atoms with Crippen molar-refractivity contribution in [1.82, 2.24) is 9.80 Å². The van der Waals surface area contributed by atoms with E-state index in [0.717, 1.165) is 23.3 Å². The second kappa shape index (κ2) is 7.66. The zero-order valence-corrected chi connectivity index (χ0v) is 16.4. The van der Waals surface area contributed by atoms with Crippen LogP contribution in [-0.2, 0) is 22.6 Å². The lowest BCUT2D eigenvalue weighted by Gasteiger charge is -2.38. The fourth-order valence-electron chi connectivity index (χ4n) is 4.38. The summed E-state index contributed by atoms with van der Waals surface area (Å²) in [7, 11) is 1.66. The van der Waals surface area contributed by atoms with E-state index in [4.69, 9.17) is 4.74 Å². The molecule has 0 spiro atoms. The minimum absolute atomic E-state index is 0.0272. The number of ether oxygens (including phenoxy) is 1. The molecule has 0 aromatic heterocycles. The largest absolute Gasteiger partial charge is 0.497 e. The Morgan fingerprint density at radius 2 is 1.93 bits per heavy atom. The van der Waals surface area contributed by atoms with Crippen molar-refractivity contribution in [3.05, 3.63) is 65.2 Å². The van der Waals surface area contributed by atoms with Gasteiger partial charge in [-0.15, -0.1) is 0 Å². The van der Waals surface area contributed by atoms with Crippen molar-refractivity contribution in [2.24, 2.45) is 0 Å². The molecule has 2 atom stereocenters. The highest BCUT2D eigenvalue weighted by Crippen LogP contribution is 2.34. The predicted octanol–water partition coefficient (Wildman–Crippen LogP) is 3.33. The molecule has 0 saturated carbocycles. The molecule has 4 rings (SSSR count). The molecule has 0 N–H and O–H groups in total. The first-order valence-electron chi connectivity index (χ1n) is 9.89. The average Bonchev–Trinajstić information content (AvgIpc) is 3.08. The molecule has 1 fully saturated rings. The number of hydrogen-bond donors (Lipinski definition) is 0. The van der Waals surface area contributed by atoms with Crippen molar-refractivity contribution in [3.63, 3.8) is 0 Å². The molecule has 0 radical (unpaired) electrons. The van der Waals surface area contributed by atoms with E-state index in [2.05, 4.69) is 13.0 Å². The highest BCUT2D eigenvalue weighted by Gasteiger charge is 2.40. The zero-order chi connectivity index (χ0) is 19.7. The molecule has 2 aliphatic heterocycles. The van der Waals surface area contributed by atoms with Crippen LogP contribution in [0.25, 0.3) is 0 Å². The van der Waals surface area contributed by atoms with Gasteiger partial charge in [-0.3, -0.25) is 9.59 Å². The first-order chi connectivity index (χ1) is 13.6. The molecular formula is C23H26N2O3. The molecule has 2 amide bonds. The summed E-state index contributed by atoms with van der Waals surface area (Å²) in [6.07, 6.45) is 1.86. The average molecular weight is 378 g/mol. The zero-order valence-electron chi connectivity index (χ0n) is 16.4. The summed E-state index contributed by atoms with van der Waals surface area (Å²) in [5, 5.41) is 0. The topological polar surface area (TPSA) is 49.9 Å². The van der Waals surface area contributed by atoms with E-state index < -0.39 is 0 Å². The summed E-state index contributed by atoms with van der Waals surface area (Å²) in [6, 6.07) is 15.6. The van der Waals surface area contributed by atoms with Crippen molar-refractivity contribution >= 4 is 11.8 Å². The fraction of sp³-hybridized carbons (Fsp3) is 0.391. The minimum atomic E-state index is -0.373. The summed E-state index contributed by atoms with van der Waals surface area (Å²) in [6.45, 7) is 3.24. The number of nitrogens with zero attached hydrogens (tertiary/aromatic N) is 2. The molecule has 1 saturated heterocycles. The molecule has 0 aliphatic carbocycles. The van der Waals surface area contributed by atoms with E-state index in [1.165, 1.54) is 5.56 Å². The van der Waals surface area contributed by atoms with E-state index in [-0.39, 0.29) is 23.9 Å². The van der Waals surface area contributed by atoms with Crippen LogP contribution in [0.2, 0.25) is 0 Å². The second-order valence-electron chi connectivity index (χ2n) is 7.58. The summed E-state index contributed by atoms with van der Waals surface area (Å²) < 4.78 is 5.37. The van der Waals surface area contributed by atoms with E-state index >= 15 is 0 Å². The van der Waals surface area contributed by atoms with Crippen molar-refractivity contribution in [2.45, 2.75) is 44.8 Å². The number of carbonyl (C=O) groups is 2. The first-order valence-corrected chi connectivity index (χ1v) is 9.89. The highest BCUT2D eigenvalue weighted by molar-refractivity contribution is 5.91. The van der Waals surface area contributed by atoms with Gasteiger partial charge in [-0.25, -0.2) is 0 Å². The van der Waals surface area contributed by atoms with Gasteiger partial charge < -0.3 is 14.5 Å². The van der Waals surface area contributed by atoms with Gasteiger partial charge >= 0.3 is 0 Å². The number of carbonyl (C=O) groups excluding carboxylic acids is 2.